The van der Waals surface area contributed by atoms with Crippen LogP contribution in [0.3, 0.4) is 0 Å². The highest BCUT2D eigenvalue weighted by Crippen LogP contribution is 2.14. The van der Waals surface area contributed by atoms with Crippen molar-refractivity contribution in [2.24, 2.45) is 5.73 Å². The molecule has 0 amide bonds. The van der Waals surface area contributed by atoms with Gasteiger partial charge in [-0.2, -0.15) is 0 Å². The van der Waals surface area contributed by atoms with Gasteiger partial charge in [0.05, 0.1) is 5.52 Å². The van der Waals surface area contributed by atoms with Crippen molar-refractivity contribution in [3.63, 3.8) is 0 Å². The highest BCUT2D eigenvalue weighted by atomic mass is 15.3. The summed E-state index contributed by atoms with van der Waals surface area (Å²) >= 11 is 0. The van der Waals surface area contributed by atoms with E-state index < -0.39 is 0 Å². The van der Waals surface area contributed by atoms with Crippen molar-refractivity contribution in [1.29, 1.82) is 0 Å². The van der Waals surface area contributed by atoms with Crippen LogP contribution in [0.5, 0.6) is 0 Å². The summed E-state index contributed by atoms with van der Waals surface area (Å²) in [5.74, 6) is 0.622. The number of fused-ring (bicyclic) bond motifs is 1. The lowest BCUT2D eigenvalue weighted by atomic mass is 10.1. The van der Waals surface area contributed by atoms with E-state index in [1.54, 1.807) is 0 Å². The van der Waals surface area contributed by atoms with Gasteiger partial charge in [0.25, 0.3) is 0 Å². The van der Waals surface area contributed by atoms with Crippen molar-refractivity contribution < 1.29 is 0 Å². The molecule has 0 unspecified atom stereocenters. The van der Waals surface area contributed by atoms with E-state index in [4.69, 9.17) is 5.73 Å². The highest BCUT2D eigenvalue weighted by Gasteiger charge is 2.07. The Labute approximate surface area is 123 Å². The second kappa shape index (κ2) is 5.85. The van der Waals surface area contributed by atoms with Crippen LogP contribution < -0.4 is 10.6 Å². The first kappa shape index (κ1) is 13.5. The zero-order valence-electron chi connectivity index (χ0n) is 11.9. The van der Waals surface area contributed by atoms with Crippen LogP contribution >= 0.6 is 0 Å². The number of rotatable bonds is 4. The highest BCUT2D eigenvalue weighted by molar-refractivity contribution is 5.74. The Bertz CT molecular complexity index is 739. The van der Waals surface area contributed by atoms with E-state index in [9.17, 15) is 0 Å². The van der Waals surface area contributed by atoms with Gasteiger partial charge in [0.2, 0.25) is 5.95 Å². The van der Waals surface area contributed by atoms with Gasteiger partial charge in [-0.3, -0.25) is 0 Å². The quantitative estimate of drug-likeness (QED) is 0.792. The number of aromatic nitrogens is 3. The largest absolute Gasteiger partial charge is 0.338 e. The van der Waals surface area contributed by atoms with E-state index in [1.807, 2.05) is 48.3 Å². The topological polar surface area (TPSA) is 67.9 Å². The normalized spacial score (nSPS) is 10.8. The first-order chi connectivity index (χ1) is 10.3. The lowest BCUT2D eigenvalue weighted by Crippen LogP contribution is -2.19. The molecule has 2 aromatic carbocycles. The van der Waals surface area contributed by atoms with Crippen LogP contribution in [0.4, 0.5) is 5.95 Å². The predicted octanol–water partition coefficient (Wildman–Crippen LogP) is 2.12. The second-order valence-electron chi connectivity index (χ2n) is 4.98. The van der Waals surface area contributed by atoms with Gasteiger partial charge >= 0.3 is 0 Å². The minimum absolute atomic E-state index is 0.563. The molecular formula is C16H17N5. The van der Waals surface area contributed by atoms with Crippen LogP contribution in [0, 0.1) is 0 Å². The lowest BCUT2D eigenvalue weighted by molar-refractivity contribution is 0.844. The molecule has 0 radical (unpaired) electrons. The number of benzene rings is 2. The molecule has 1 aromatic heterocycles. The molecule has 0 bridgehead atoms. The maximum absolute atomic E-state index is 5.61. The first-order valence-electron chi connectivity index (χ1n) is 6.85. The van der Waals surface area contributed by atoms with Gasteiger partial charge in [0.1, 0.15) is 5.52 Å². The van der Waals surface area contributed by atoms with Gasteiger partial charge in [-0.25, -0.2) is 4.98 Å². The molecule has 0 fully saturated rings. The van der Waals surface area contributed by atoms with Crippen LogP contribution in [0.25, 0.3) is 11.0 Å². The van der Waals surface area contributed by atoms with Crippen LogP contribution in [-0.4, -0.2) is 22.2 Å². The molecule has 0 saturated heterocycles. The zero-order valence-corrected chi connectivity index (χ0v) is 11.9. The SMILES string of the molecule is CN(Cc1ccc(CN)cc1)c1nnc2ccccc2n1. The fourth-order valence-electron chi connectivity index (χ4n) is 2.16. The predicted molar refractivity (Wildman–Crippen MR) is 83.8 cm³/mol. The summed E-state index contributed by atoms with van der Waals surface area (Å²) in [6, 6.07) is 16.0. The fraction of sp³-hybridized carbons (Fsp3) is 0.188. The molecule has 21 heavy (non-hydrogen) atoms. The number of para-hydroxylation sites is 1. The minimum Gasteiger partial charge on any atom is -0.338 e. The average molecular weight is 279 g/mol. The van der Waals surface area contributed by atoms with E-state index in [1.165, 1.54) is 5.56 Å². The summed E-state index contributed by atoms with van der Waals surface area (Å²) in [4.78, 5) is 6.52. The fourth-order valence-corrected chi connectivity index (χ4v) is 2.16. The molecule has 1 heterocycles. The van der Waals surface area contributed by atoms with Crippen molar-refractivity contribution in [2.45, 2.75) is 13.1 Å². The van der Waals surface area contributed by atoms with Crippen LogP contribution in [0.1, 0.15) is 11.1 Å². The third-order valence-corrected chi connectivity index (χ3v) is 3.37. The molecule has 0 aliphatic carbocycles. The van der Waals surface area contributed by atoms with Crippen molar-refractivity contribution in [3.8, 4) is 0 Å². The first-order valence-corrected chi connectivity index (χ1v) is 6.85. The molecule has 3 rings (SSSR count). The van der Waals surface area contributed by atoms with Gasteiger partial charge in [-0.1, -0.05) is 36.4 Å². The maximum Gasteiger partial charge on any atom is 0.245 e. The van der Waals surface area contributed by atoms with E-state index in [0.29, 0.717) is 12.5 Å². The second-order valence-corrected chi connectivity index (χ2v) is 4.98. The van der Waals surface area contributed by atoms with E-state index in [2.05, 4.69) is 27.3 Å². The molecule has 0 atom stereocenters. The molecule has 0 aliphatic heterocycles. The van der Waals surface area contributed by atoms with Crippen molar-refractivity contribution in [3.05, 3.63) is 59.7 Å². The molecular weight excluding hydrogens is 262 g/mol. The third kappa shape index (κ3) is 2.98. The van der Waals surface area contributed by atoms with E-state index >= 15 is 0 Å². The third-order valence-electron chi connectivity index (χ3n) is 3.37. The summed E-state index contributed by atoms with van der Waals surface area (Å²) in [7, 11) is 1.96. The Hall–Kier alpha value is -2.53. The maximum atomic E-state index is 5.61. The van der Waals surface area contributed by atoms with Crippen molar-refractivity contribution in [1.82, 2.24) is 15.2 Å². The summed E-state index contributed by atoms with van der Waals surface area (Å²) in [6.45, 7) is 1.29. The van der Waals surface area contributed by atoms with Gasteiger partial charge in [-0.15, -0.1) is 10.2 Å². The van der Waals surface area contributed by atoms with Crippen LogP contribution in [-0.2, 0) is 13.1 Å². The Morgan fingerprint density at radius 3 is 2.29 bits per heavy atom. The smallest absolute Gasteiger partial charge is 0.245 e. The van der Waals surface area contributed by atoms with Gasteiger partial charge in [-0.05, 0) is 23.3 Å². The summed E-state index contributed by atoms with van der Waals surface area (Å²) in [5.41, 5.74) is 9.58. The van der Waals surface area contributed by atoms with Gasteiger partial charge < -0.3 is 10.6 Å². The molecule has 0 saturated carbocycles. The number of hydrogen-bond donors (Lipinski definition) is 1. The number of nitrogens with zero attached hydrogens (tertiary/aromatic N) is 4. The Morgan fingerprint density at radius 2 is 1.57 bits per heavy atom. The Balaban J connectivity index is 1.80. The van der Waals surface area contributed by atoms with E-state index in [-0.39, 0.29) is 0 Å². The summed E-state index contributed by atoms with van der Waals surface area (Å²) in [5, 5.41) is 8.38. The summed E-state index contributed by atoms with van der Waals surface area (Å²) < 4.78 is 0. The molecule has 5 heteroatoms. The molecule has 0 spiro atoms. The molecule has 2 N–H and O–H groups in total. The lowest BCUT2D eigenvalue weighted by Gasteiger charge is -2.16. The van der Waals surface area contributed by atoms with Gasteiger partial charge in [0, 0.05) is 20.1 Å². The van der Waals surface area contributed by atoms with Crippen LogP contribution in [0.2, 0.25) is 0 Å². The monoisotopic (exact) mass is 279 g/mol. The molecule has 106 valence electrons. The van der Waals surface area contributed by atoms with Gasteiger partial charge in [0.15, 0.2) is 0 Å². The number of hydrogen-bond acceptors (Lipinski definition) is 5. The standard InChI is InChI=1S/C16H17N5/c1-21(11-13-8-6-12(10-17)7-9-13)16-18-14-4-2-3-5-15(14)19-20-16/h2-9H,10-11,17H2,1H3. The van der Waals surface area contributed by atoms with Crippen molar-refractivity contribution in [2.75, 3.05) is 11.9 Å². The van der Waals surface area contributed by atoms with Crippen LogP contribution in [0.15, 0.2) is 48.5 Å². The summed E-state index contributed by atoms with van der Waals surface area (Å²) in [6.07, 6.45) is 0. The molecule has 5 nitrogen and oxygen atoms in total. The average Bonchev–Trinajstić information content (AvgIpc) is 2.55. The Kier molecular flexibility index (Phi) is 3.75. The minimum atomic E-state index is 0.563. The Morgan fingerprint density at radius 1 is 0.905 bits per heavy atom. The number of nitrogens with two attached hydrogens (primary N) is 1. The van der Waals surface area contributed by atoms with E-state index in [0.717, 1.165) is 23.1 Å². The van der Waals surface area contributed by atoms with Crippen molar-refractivity contribution >= 4 is 17.0 Å². The zero-order chi connectivity index (χ0) is 14.7. The number of anilines is 1. The molecule has 3 aromatic rings. The molecule has 0 aliphatic rings.